The molecule has 844 valence electrons. The van der Waals surface area contributed by atoms with Crippen LogP contribution in [0.4, 0.5) is 0 Å². The molecule has 0 aromatic rings. The van der Waals surface area contributed by atoms with Crippen molar-refractivity contribution < 1.29 is 18.9 Å². The minimum absolute atomic E-state index is 0. The molecule has 12 aliphatic heterocycles. The molecule has 0 bridgehead atoms. The van der Waals surface area contributed by atoms with Crippen LogP contribution in [0.25, 0.3) is 0 Å². The van der Waals surface area contributed by atoms with Crippen molar-refractivity contribution >= 4 is 58.8 Å². The Hall–Kier alpha value is 1.43. The van der Waals surface area contributed by atoms with Crippen molar-refractivity contribution in [2.75, 3.05) is 0 Å². The van der Waals surface area contributed by atoms with E-state index in [1.54, 1.807) is 77.0 Å². The van der Waals surface area contributed by atoms with E-state index in [1.807, 2.05) is 0 Å². The fourth-order valence-corrected chi connectivity index (χ4v) is 61.1. The average molecular weight is 2150 g/mol. The summed E-state index contributed by atoms with van der Waals surface area (Å²) in [6.07, 6.45) is 119. The molecule has 0 N–H and O–H groups in total. The molecule has 0 aromatic carbocycles. The monoisotopic (exact) mass is 2150 g/mol. The number of thioether (sulfide) groups is 5. The van der Waals surface area contributed by atoms with Gasteiger partial charge in [-0.1, -0.05) is 247 Å². The smallest absolute Gasteiger partial charge is 0.0766 e. The molecule has 0 spiro atoms. The van der Waals surface area contributed by atoms with Gasteiger partial charge in [0.05, 0.1) is 48.8 Å². The molecular weight excluding hydrogens is 1930 g/mol. The summed E-state index contributed by atoms with van der Waals surface area (Å²) >= 11 is 12.2. The number of fused-ring (bicyclic) bond motifs is 38. The van der Waals surface area contributed by atoms with E-state index < -0.39 is 0 Å². The maximum Gasteiger partial charge on any atom is 0.0766 e. The zero-order chi connectivity index (χ0) is 97.2. The van der Waals surface area contributed by atoms with Crippen LogP contribution in [0.15, 0.2) is 0 Å². The van der Waals surface area contributed by atoms with Gasteiger partial charge in [-0.2, -0.15) is 58.8 Å². The van der Waals surface area contributed by atoms with Crippen LogP contribution in [0.1, 0.15) is 517 Å². The highest BCUT2D eigenvalue weighted by atomic mass is 32.2. The minimum atomic E-state index is 0. The minimum Gasteiger partial charge on any atom is -0.372 e. The lowest BCUT2D eigenvalue weighted by molar-refractivity contribution is -0.168. The van der Waals surface area contributed by atoms with Crippen molar-refractivity contribution in [1.82, 2.24) is 19.6 Å². The summed E-state index contributed by atoms with van der Waals surface area (Å²) in [6.45, 7) is 5.39. The number of likely N-dealkylation sites (tertiary alicyclic amines) is 3. The van der Waals surface area contributed by atoms with Crippen molar-refractivity contribution in [3.8, 4) is 0 Å². The van der Waals surface area contributed by atoms with E-state index in [1.165, 1.54) is 411 Å². The maximum absolute atomic E-state index is 7.69. The van der Waals surface area contributed by atoms with Crippen molar-refractivity contribution in [2.24, 2.45) is 159 Å². The van der Waals surface area contributed by atoms with E-state index in [-0.39, 0.29) is 14.9 Å². The van der Waals surface area contributed by atoms with Crippen LogP contribution in [-0.4, -0.2) is 193 Å². The lowest BCUT2D eigenvalue weighted by Gasteiger charge is -2.64. The summed E-state index contributed by atoms with van der Waals surface area (Å²) in [5.74, 6) is 25.0. The van der Waals surface area contributed by atoms with Gasteiger partial charge >= 0.3 is 0 Å². The number of hydrogen-bond acceptors (Lipinski definition) is 13. The molecule has 34 fully saturated rings. The molecule has 0 aromatic heterocycles. The van der Waals surface area contributed by atoms with Crippen molar-refractivity contribution in [3.05, 3.63) is 0 Å². The summed E-state index contributed by atoms with van der Waals surface area (Å²) in [5.41, 5.74) is 0.537. The standard InChI is InChI=1S/C42H67NOS.C33H53NOS.C30H47NOS2.C30H47NOS.2CH4/c1-3-10-26(11-4-1)28-18-21-35-33(24-28)34-25-29(27-12-5-2-6-13-27)19-22-36(34)43(35)37-16-9-15-30-31-20-23-39-40(42(31)44-41(30)37)32-14-7-8-17-38(32)45-39;1-33(2)23-12-4-6-14-25(23)34(26-15-7-5-13-24(26)33)27-16-9-11-20-21-18-19-29-30(32(21)35-31(20)27)22-10-3-8-17-28(22)36-29;1-4-13-24-20(8-1)28-27(33-24)17-16-19-18-9-7-12-23(29(18)32-30(19)28)31-21-10-2-5-14-25(21)34-26-15-6-3-11-22(26)31;1-4-12-23-18(8-1)19-9-2-5-13-24(19)31(23)25-14-7-11-20-21-16-17-27-28(30(21)32-29(20)25)22-10-3-6-15-26(22)33-27;;/h26-42H,1-25H2;20-32H,3-19H2,1-2H3;18-30H,1-17H2;18-30H,1-17H2;2*1H4. The maximum atomic E-state index is 7.69. The van der Waals surface area contributed by atoms with Gasteiger partial charge in [0.2, 0.25) is 0 Å². The van der Waals surface area contributed by atoms with Gasteiger partial charge in [0.25, 0.3) is 0 Å². The third-order valence-electron chi connectivity index (χ3n) is 56.0. The number of ether oxygens (including phenoxy) is 4. The molecular formula is C137H222N4O4S5. The number of hydrogen-bond donors (Lipinski definition) is 0. The largest absolute Gasteiger partial charge is 0.372 e. The summed E-state index contributed by atoms with van der Waals surface area (Å²) < 4.78 is 30.2. The Morgan fingerprint density at radius 3 is 0.707 bits per heavy atom. The molecule has 34 rings (SSSR count). The third kappa shape index (κ3) is 18.5. The summed E-state index contributed by atoms with van der Waals surface area (Å²) in [6, 6.07) is 10.1. The Morgan fingerprint density at radius 2 is 0.380 bits per heavy atom. The van der Waals surface area contributed by atoms with Crippen molar-refractivity contribution in [2.45, 2.75) is 691 Å². The summed E-state index contributed by atoms with van der Waals surface area (Å²) in [5, 5.41) is 9.52. The van der Waals surface area contributed by atoms with Gasteiger partial charge < -0.3 is 18.9 Å². The third-order valence-corrected chi connectivity index (χ3v) is 65.2. The summed E-state index contributed by atoms with van der Waals surface area (Å²) in [7, 11) is 0. The highest BCUT2D eigenvalue weighted by molar-refractivity contribution is 8.01. The highest BCUT2D eigenvalue weighted by Gasteiger charge is 2.71. The van der Waals surface area contributed by atoms with Gasteiger partial charge in [-0.25, -0.2) is 0 Å². The van der Waals surface area contributed by atoms with E-state index >= 15 is 0 Å². The van der Waals surface area contributed by atoms with E-state index in [9.17, 15) is 0 Å². The Balaban J connectivity index is 0.0000000942. The normalized spacial score (nSPS) is 55.3. The van der Waals surface area contributed by atoms with Crippen LogP contribution in [0, 0.1) is 159 Å². The molecule has 0 amide bonds. The summed E-state index contributed by atoms with van der Waals surface area (Å²) in [4.78, 5) is 13.0. The number of nitrogens with zero attached hydrogens (tertiary/aromatic N) is 4. The fraction of sp³-hybridized carbons (Fsp3) is 1.00. The topological polar surface area (TPSA) is 49.9 Å². The van der Waals surface area contributed by atoms with Gasteiger partial charge in [-0.3, -0.25) is 19.6 Å². The van der Waals surface area contributed by atoms with Crippen LogP contribution in [-0.2, 0) is 18.9 Å². The van der Waals surface area contributed by atoms with Gasteiger partial charge in [0.1, 0.15) is 0 Å². The van der Waals surface area contributed by atoms with Crippen LogP contribution in [0.3, 0.4) is 0 Å². The van der Waals surface area contributed by atoms with Gasteiger partial charge in [0, 0.05) is 149 Å². The predicted octanol–water partition coefficient (Wildman–Crippen LogP) is 34.4. The Labute approximate surface area is 939 Å². The van der Waals surface area contributed by atoms with Crippen LogP contribution >= 0.6 is 58.8 Å². The quantitative estimate of drug-likeness (QED) is 0.254. The van der Waals surface area contributed by atoms with Gasteiger partial charge in [-0.15, -0.1) is 0 Å². The van der Waals surface area contributed by atoms with E-state index in [0.717, 1.165) is 279 Å². The first-order valence-corrected chi connectivity index (χ1v) is 73.9. The lowest BCUT2D eigenvalue weighted by Crippen LogP contribution is -2.68. The second kappa shape index (κ2) is 45.3. The molecule has 13 heteroatoms. The van der Waals surface area contributed by atoms with E-state index in [0.29, 0.717) is 54.2 Å². The van der Waals surface area contributed by atoms with Crippen LogP contribution in [0.2, 0.25) is 0 Å². The SMILES string of the molecule is C.C.C1CCC(C2CCC3C(C2)C2CC(C4CCCCC4)CCC2N3C2CCCC3C4CCC5SC6CCCCC6C5C4OC32)CC1.C1CCC2C(C1)SC1CCC3C4CCCC(N5C6CCCCC6C6CCCCC65)C4OC3C12.C1CCC2C(C1)SC1CCC3C4CCCC(N5C6CCCCC6SC6CCCCC65)C4OC3C12.CC1(C)C2CCCCC2N(C2CCCC3C4CCC5SC6CCCCC6C5C4OC32)C2CCCCC21. The molecule has 0 radical (unpaired) electrons. The molecule has 12 heterocycles. The van der Waals surface area contributed by atoms with Crippen LogP contribution < -0.4 is 0 Å². The second-order valence-electron chi connectivity index (χ2n) is 61.7. The first-order valence-electron chi connectivity index (χ1n) is 69.2. The lowest BCUT2D eigenvalue weighted by atomic mass is 9.54. The first kappa shape index (κ1) is 106. The highest BCUT2D eigenvalue weighted by Crippen LogP contribution is 2.71. The van der Waals surface area contributed by atoms with Crippen molar-refractivity contribution in [1.29, 1.82) is 0 Å². The first-order chi connectivity index (χ1) is 73.2. The molecule has 22 saturated carbocycles. The molecule has 54 unspecified atom stereocenters. The van der Waals surface area contributed by atoms with Gasteiger partial charge in [0.15, 0.2) is 0 Å². The van der Waals surface area contributed by atoms with Crippen molar-refractivity contribution in [3.63, 3.8) is 0 Å². The Morgan fingerprint density at radius 1 is 0.153 bits per heavy atom. The molecule has 34 aliphatic rings. The number of rotatable bonds is 6. The Kier molecular flexibility index (Phi) is 32.1. The predicted molar refractivity (Wildman–Crippen MR) is 632 cm³/mol. The second-order valence-corrected chi connectivity index (χ2v) is 69.1. The molecule has 8 nitrogen and oxygen atoms in total. The van der Waals surface area contributed by atoms with E-state index in [2.05, 4.69) is 92.3 Å². The fourth-order valence-electron chi connectivity index (χ4n) is 50.8. The molecule has 54 atom stereocenters. The van der Waals surface area contributed by atoms with E-state index in [4.69, 9.17) is 18.9 Å². The number of piperidine rings is 1. The molecule has 12 saturated heterocycles. The van der Waals surface area contributed by atoms with Crippen LogP contribution in [0.5, 0.6) is 0 Å². The molecule has 22 aliphatic carbocycles. The Bertz CT molecular complexity index is 4340. The zero-order valence-corrected chi connectivity index (χ0v) is 98.1. The average Bonchev–Trinajstić information content (AvgIpc) is 0.796. The zero-order valence-electron chi connectivity index (χ0n) is 94.0. The van der Waals surface area contributed by atoms with Gasteiger partial charge in [-0.05, 0) is 405 Å². The molecule has 150 heavy (non-hydrogen) atoms.